The Morgan fingerprint density at radius 3 is 2.54 bits per heavy atom. The number of nitrogens with zero attached hydrogens (tertiary/aromatic N) is 1. The lowest BCUT2D eigenvalue weighted by molar-refractivity contribution is -0.140. The first-order valence-electron chi connectivity index (χ1n) is 8.14. The summed E-state index contributed by atoms with van der Waals surface area (Å²) in [6, 6.07) is -1.11. The number of carbonyl (C=O) groups excluding carboxylic acids is 2. The predicted octanol–water partition coefficient (Wildman–Crippen LogP) is 1.38. The van der Waals surface area contributed by atoms with Gasteiger partial charge in [0.05, 0.1) is 12.6 Å². The highest BCUT2D eigenvalue weighted by molar-refractivity contribution is 5.82. The minimum Gasteiger partial charge on any atom is -0.480 e. The summed E-state index contributed by atoms with van der Waals surface area (Å²) in [6.07, 6.45) is 1.06. The van der Waals surface area contributed by atoms with Crippen LogP contribution in [0, 0.1) is 0 Å². The number of carboxylic acid groups (broad SMARTS) is 1. The second kappa shape index (κ2) is 8.86. The number of carbonyl (C=O) groups is 3. The fraction of sp³-hybridized carbons (Fsp3) is 0.812. The van der Waals surface area contributed by atoms with Crippen molar-refractivity contribution in [1.29, 1.82) is 0 Å². The second-order valence-corrected chi connectivity index (χ2v) is 6.91. The number of nitrogens with one attached hydrogen (secondary N) is 1. The molecule has 2 atom stereocenters. The lowest BCUT2D eigenvalue weighted by atomic mass is 10.1. The Kier molecular flexibility index (Phi) is 7.47. The van der Waals surface area contributed by atoms with Crippen molar-refractivity contribution in [2.24, 2.45) is 0 Å². The van der Waals surface area contributed by atoms with Crippen LogP contribution < -0.4 is 5.32 Å². The summed E-state index contributed by atoms with van der Waals surface area (Å²) in [7, 11) is 1.59. The number of rotatable bonds is 7. The normalized spacial score (nSPS) is 19.0. The lowest BCUT2D eigenvalue weighted by Crippen LogP contribution is -2.44. The Hall–Kier alpha value is -1.83. The van der Waals surface area contributed by atoms with E-state index in [0.717, 1.165) is 12.8 Å². The van der Waals surface area contributed by atoms with E-state index < -0.39 is 23.7 Å². The van der Waals surface area contributed by atoms with Crippen LogP contribution in [0.4, 0.5) is 4.79 Å². The molecular weight excluding hydrogens is 316 g/mol. The first-order valence-corrected chi connectivity index (χ1v) is 8.14. The molecule has 0 bridgehead atoms. The van der Waals surface area contributed by atoms with E-state index >= 15 is 0 Å². The van der Waals surface area contributed by atoms with Crippen LogP contribution in [0.3, 0.4) is 0 Å². The number of amides is 2. The van der Waals surface area contributed by atoms with E-state index in [1.807, 2.05) is 0 Å². The highest BCUT2D eigenvalue weighted by Gasteiger charge is 2.30. The Morgan fingerprint density at radius 1 is 1.33 bits per heavy atom. The molecule has 8 nitrogen and oxygen atoms in total. The largest absolute Gasteiger partial charge is 0.480 e. The van der Waals surface area contributed by atoms with Crippen molar-refractivity contribution >= 4 is 18.0 Å². The molecule has 2 N–H and O–H groups in total. The van der Waals surface area contributed by atoms with Crippen molar-refractivity contribution in [2.75, 3.05) is 20.3 Å². The summed E-state index contributed by atoms with van der Waals surface area (Å²) in [6.45, 7) is 6.20. The monoisotopic (exact) mass is 344 g/mol. The minimum atomic E-state index is -1.19. The zero-order valence-electron chi connectivity index (χ0n) is 14.8. The van der Waals surface area contributed by atoms with Crippen molar-refractivity contribution in [2.45, 2.75) is 64.1 Å². The highest BCUT2D eigenvalue weighted by atomic mass is 16.6. The zero-order chi connectivity index (χ0) is 18.3. The van der Waals surface area contributed by atoms with Gasteiger partial charge in [-0.15, -0.1) is 0 Å². The van der Waals surface area contributed by atoms with Crippen LogP contribution in [0.5, 0.6) is 0 Å². The molecule has 0 aromatic heterocycles. The molecule has 0 spiro atoms. The molecule has 0 saturated carbocycles. The van der Waals surface area contributed by atoms with Crippen LogP contribution >= 0.6 is 0 Å². The summed E-state index contributed by atoms with van der Waals surface area (Å²) in [5.74, 6) is -1.31. The van der Waals surface area contributed by atoms with Gasteiger partial charge in [-0.25, -0.2) is 9.59 Å². The van der Waals surface area contributed by atoms with Crippen molar-refractivity contribution < 1.29 is 29.0 Å². The average Bonchev–Trinajstić information content (AvgIpc) is 2.89. The van der Waals surface area contributed by atoms with Crippen LogP contribution in [0.2, 0.25) is 0 Å². The first-order chi connectivity index (χ1) is 11.1. The fourth-order valence-electron chi connectivity index (χ4n) is 2.65. The van der Waals surface area contributed by atoms with E-state index in [2.05, 4.69) is 5.32 Å². The quantitative estimate of drug-likeness (QED) is 0.723. The molecule has 1 aliphatic rings. The molecule has 1 fully saturated rings. The van der Waals surface area contributed by atoms with E-state index in [9.17, 15) is 19.5 Å². The summed E-state index contributed by atoms with van der Waals surface area (Å²) < 4.78 is 10.2. The molecule has 24 heavy (non-hydrogen) atoms. The number of alkyl carbamates (subject to hydrolysis) is 1. The van der Waals surface area contributed by atoms with E-state index in [-0.39, 0.29) is 24.8 Å². The number of hydrogen-bond donors (Lipinski definition) is 2. The highest BCUT2D eigenvalue weighted by Crippen LogP contribution is 2.19. The maximum atomic E-state index is 12.3. The minimum absolute atomic E-state index is 0.0175. The molecule has 1 aliphatic heterocycles. The Balaban J connectivity index is 2.52. The van der Waals surface area contributed by atoms with E-state index in [0.29, 0.717) is 13.2 Å². The van der Waals surface area contributed by atoms with Gasteiger partial charge in [-0.1, -0.05) is 0 Å². The molecule has 0 aliphatic carbocycles. The smallest absolute Gasteiger partial charge is 0.408 e. The zero-order valence-corrected chi connectivity index (χ0v) is 14.8. The molecule has 1 saturated heterocycles. The molecule has 138 valence electrons. The summed E-state index contributed by atoms with van der Waals surface area (Å²) in [5, 5.41) is 11.5. The van der Waals surface area contributed by atoms with E-state index in [1.54, 1.807) is 32.8 Å². The van der Waals surface area contributed by atoms with Gasteiger partial charge in [-0.05, 0) is 40.0 Å². The number of hydrogen-bond acceptors (Lipinski definition) is 5. The third-order valence-electron chi connectivity index (χ3n) is 3.69. The maximum absolute atomic E-state index is 12.3. The van der Waals surface area contributed by atoms with Crippen LogP contribution in [0.15, 0.2) is 0 Å². The van der Waals surface area contributed by atoms with E-state index in [4.69, 9.17) is 9.47 Å². The summed E-state index contributed by atoms with van der Waals surface area (Å²) in [5.41, 5.74) is -0.716. The molecule has 1 rings (SSSR count). The van der Waals surface area contributed by atoms with Gasteiger partial charge in [0.1, 0.15) is 11.6 Å². The lowest BCUT2D eigenvalue weighted by Gasteiger charge is -2.25. The standard InChI is InChI=1S/C16H28N2O6/c1-16(2,3)24-15(22)17-12(14(20)21)7-8-13(19)18-9-5-6-11(18)10-23-4/h11-12H,5-10H2,1-4H3,(H,17,22)(H,20,21)/t11-,12?/m0/s1. The van der Waals surface area contributed by atoms with Gasteiger partial charge in [0.2, 0.25) is 5.91 Å². The predicted molar refractivity (Wildman–Crippen MR) is 86.6 cm³/mol. The van der Waals surface area contributed by atoms with Gasteiger partial charge in [0.25, 0.3) is 0 Å². The van der Waals surface area contributed by atoms with Crippen molar-refractivity contribution in [3.05, 3.63) is 0 Å². The SMILES string of the molecule is COC[C@@H]1CCCN1C(=O)CCC(NC(=O)OC(C)(C)C)C(=O)O. The van der Waals surface area contributed by atoms with E-state index in [1.165, 1.54) is 0 Å². The molecule has 0 aromatic rings. The number of ether oxygens (including phenoxy) is 2. The number of aliphatic carboxylic acids is 1. The average molecular weight is 344 g/mol. The molecule has 1 unspecified atom stereocenters. The molecule has 8 heteroatoms. The van der Waals surface area contributed by atoms with Crippen molar-refractivity contribution in [1.82, 2.24) is 10.2 Å². The van der Waals surface area contributed by atoms with Gasteiger partial charge in [0.15, 0.2) is 0 Å². The Bertz CT molecular complexity index is 460. The molecule has 0 aromatic carbocycles. The van der Waals surface area contributed by atoms with Gasteiger partial charge in [0, 0.05) is 20.1 Å². The van der Waals surface area contributed by atoms with Crippen LogP contribution in [0.1, 0.15) is 46.5 Å². The van der Waals surface area contributed by atoms with Crippen LogP contribution in [-0.4, -0.2) is 65.9 Å². The van der Waals surface area contributed by atoms with Gasteiger partial charge >= 0.3 is 12.1 Å². The third-order valence-corrected chi connectivity index (χ3v) is 3.69. The van der Waals surface area contributed by atoms with Crippen molar-refractivity contribution in [3.8, 4) is 0 Å². The molecule has 1 heterocycles. The fourth-order valence-corrected chi connectivity index (χ4v) is 2.65. The second-order valence-electron chi connectivity index (χ2n) is 6.91. The van der Waals surface area contributed by atoms with Gasteiger partial charge in [-0.3, -0.25) is 4.79 Å². The molecule has 0 radical (unpaired) electrons. The van der Waals surface area contributed by atoms with Crippen LogP contribution in [0.25, 0.3) is 0 Å². The first kappa shape index (κ1) is 20.2. The van der Waals surface area contributed by atoms with Gasteiger partial charge in [-0.2, -0.15) is 0 Å². The number of carboxylic acids is 1. The number of methoxy groups -OCH3 is 1. The summed E-state index contributed by atoms with van der Waals surface area (Å²) in [4.78, 5) is 37.0. The van der Waals surface area contributed by atoms with Gasteiger partial charge < -0.3 is 24.8 Å². The molecule has 2 amide bonds. The maximum Gasteiger partial charge on any atom is 0.408 e. The Morgan fingerprint density at radius 2 is 2.00 bits per heavy atom. The third kappa shape index (κ3) is 6.74. The van der Waals surface area contributed by atoms with Crippen molar-refractivity contribution in [3.63, 3.8) is 0 Å². The number of likely N-dealkylation sites (tertiary alicyclic amines) is 1. The topological polar surface area (TPSA) is 105 Å². The van der Waals surface area contributed by atoms with Crippen LogP contribution in [-0.2, 0) is 19.1 Å². The summed E-state index contributed by atoms with van der Waals surface area (Å²) >= 11 is 0. The molecular formula is C16H28N2O6. The Labute approximate surface area is 142 Å².